The Morgan fingerprint density at radius 3 is 2.31 bits per heavy atom. The summed E-state index contributed by atoms with van der Waals surface area (Å²) in [6.45, 7) is 1.51. The van der Waals surface area contributed by atoms with E-state index in [1.807, 2.05) is 30.3 Å². The predicted octanol–water partition coefficient (Wildman–Crippen LogP) is 3.44. The standard InChI is InChI=1S/C21H22N2O3/c1-14(24)15-8-10-17(11-9-15)22-21(26)18-12-13-19(25)23(2)20(18)16-6-4-3-5-7-16/h3-11,18,20H,12-13H2,1-2H3,(H,22,26)/t18-,20+/m0/s1. The lowest BCUT2D eigenvalue weighted by Crippen LogP contribution is -2.44. The van der Waals surface area contributed by atoms with Crippen LogP contribution in [0.15, 0.2) is 54.6 Å². The summed E-state index contributed by atoms with van der Waals surface area (Å²) >= 11 is 0. The number of hydrogen-bond donors (Lipinski definition) is 1. The third-order valence-corrected chi connectivity index (χ3v) is 4.90. The first-order valence-corrected chi connectivity index (χ1v) is 8.70. The van der Waals surface area contributed by atoms with Gasteiger partial charge in [-0.25, -0.2) is 0 Å². The van der Waals surface area contributed by atoms with Crippen LogP contribution in [-0.2, 0) is 9.59 Å². The van der Waals surface area contributed by atoms with Gasteiger partial charge in [0.2, 0.25) is 11.8 Å². The predicted molar refractivity (Wildman–Crippen MR) is 99.8 cm³/mol. The molecule has 2 atom stereocenters. The average molecular weight is 350 g/mol. The van der Waals surface area contributed by atoms with E-state index in [1.165, 1.54) is 6.92 Å². The van der Waals surface area contributed by atoms with Gasteiger partial charge in [0, 0.05) is 24.7 Å². The molecule has 0 unspecified atom stereocenters. The number of nitrogens with one attached hydrogen (secondary N) is 1. The Bertz CT molecular complexity index is 815. The molecule has 1 N–H and O–H groups in total. The molecule has 0 spiro atoms. The molecule has 1 fully saturated rings. The van der Waals surface area contributed by atoms with E-state index in [9.17, 15) is 14.4 Å². The molecule has 2 aromatic carbocycles. The number of anilines is 1. The highest BCUT2D eigenvalue weighted by Crippen LogP contribution is 2.36. The van der Waals surface area contributed by atoms with Crippen molar-refractivity contribution in [1.82, 2.24) is 4.90 Å². The molecule has 0 aromatic heterocycles. The summed E-state index contributed by atoms with van der Waals surface area (Å²) < 4.78 is 0. The van der Waals surface area contributed by atoms with Crippen molar-refractivity contribution in [2.45, 2.75) is 25.8 Å². The van der Waals surface area contributed by atoms with E-state index in [2.05, 4.69) is 5.32 Å². The average Bonchev–Trinajstić information content (AvgIpc) is 2.65. The molecule has 0 bridgehead atoms. The Morgan fingerprint density at radius 2 is 1.69 bits per heavy atom. The third-order valence-electron chi connectivity index (χ3n) is 4.90. The van der Waals surface area contributed by atoms with Crippen LogP contribution in [0.2, 0.25) is 0 Å². The lowest BCUT2D eigenvalue weighted by molar-refractivity contribution is -0.140. The highest BCUT2D eigenvalue weighted by Gasteiger charge is 2.38. The van der Waals surface area contributed by atoms with Crippen LogP contribution in [0.1, 0.15) is 41.7 Å². The fourth-order valence-electron chi connectivity index (χ4n) is 3.44. The van der Waals surface area contributed by atoms with E-state index >= 15 is 0 Å². The van der Waals surface area contributed by atoms with Crippen LogP contribution in [0.3, 0.4) is 0 Å². The Hall–Kier alpha value is -2.95. The lowest BCUT2D eigenvalue weighted by Gasteiger charge is -2.38. The summed E-state index contributed by atoms with van der Waals surface area (Å²) in [4.78, 5) is 38.1. The van der Waals surface area contributed by atoms with Gasteiger partial charge in [-0.05, 0) is 43.2 Å². The van der Waals surface area contributed by atoms with Crippen LogP contribution in [0.5, 0.6) is 0 Å². The highest BCUT2D eigenvalue weighted by atomic mass is 16.2. The van der Waals surface area contributed by atoms with Gasteiger partial charge in [-0.1, -0.05) is 30.3 Å². The summed E-state index contributed by atoms with van der Waals surface area (Å²) in [5.74, 6) is -0.408. The van der Waals surface area contributed by atoms with Crippen molar-refractivity contribution in [3.63, 3.8) is 0 Å². The van der Waals surface area contributed by atoms with Gasteiger partial charge in [-0.2, -0.15) is 0 Å². The topological polar surface area (TPSA) is 66.5 Å². The van der Waals surface area contributed by atoms with Crippen LogP contribution < -0.4 is 5.32 Å². The molecule has 1 aliphatic heterocycles. The van der Waals surface area contributed by atoms with E-state index in [1.54, 1.807) is 36.2 Å². The molecule has 5 heteroatoms. The van der Waals surface area contributed by atoms with Crippen molar-refractivity contribution >= 4 is 23.3 Å². The van der Waals surface area contributed by atoms with Crippen LogP contribution in [0, 0.1) is 5.92 Å². The van der Waals surface area contributed by atoms with Crippen molar-refractivity contribution in [3.05, 3.63) is 65.7 Å². The molecule has 2 amide bonds. The molecule has 3 rings (SSSR count). The number of carbonyl (C=O) groups is 3. The van der Waals surface area contributed by atoms with Crippen LogP contribution >= 0.6 is 0 Å². The van der Waals surface area contributed by atoms with Gasteiger partial charge in [0.25, 0.3) is 0 Å². The summed E-state index contributed by atoms with van der Waals surface area (Å²) in [5.41, 5.74) is 2.20. The third kappa shape index (κ3) is 3.67. The summed E-state index contributed by atoms with van der Waals surface area (Å²) in [7, 11) is 1.75. The Labute approximate surface area is 153 Å². The molecular formula is C21H22N2O3. The van der Waals surface area contributed by atoms with Crippen LogP contribution in [-0.4, -0.2) is 29.5 Å². The molecule has 1 aliphatic rings. The van der Waals surface area contributed by atoms with Gasteiger partial charge >= 0.3 is 0 Å². The number of rotatable bonds is 4. The number of Topliss-reactive ketones (excluding diaryl/α,β-unsaturated/α-hetero) is 1. The molecule has 1 heterocycles. The number of hydrogen-bond acceptors (Lipinski definition) is 3. The molecule has 5 nitrogen and oxygen atoms in total. The Balaban J connectivity index is 1.81. The minimum absolute atomic E-state index is 0.0144. The SMILES string of the molecule is CC(=O)c1ccc(NC(=O)[C@H]2CCC(=O)N(C)[C@@H]2c2ccccc2)cc1. The second-order valence-corrected chi connectivity index (χ2v) is 6.63. The minimum Gasteiger partial charge on any atom is -0.338 e. The maximum Gasteiger partial charge on any atom is 0.229 e. The summed E-state index contributed by atoms with van der Waals surface area (Å²) in [6, 6.07) is 16.2. The van der Waals surface area contributed by atoms with E-state index in [0.717, 1.165) is 5.56 Å². The van der Waals surface area contributed by atoms with Gasteiger partial charge in [-0.3, -0.25) is 14.4 Å². The van der Waals surface area contributed by atoms with E-state index < -0.39 is 0 Å². The Kier molecular flexibility index (Phi) is 5.16. The maximum atomic E-state index is 12.9. The van der Waals surface area contributed by atoms with E-state index in [-0.39, 0.29) is 29.6 Å². The number of amides is 2. The molecule has 134 valence electrons. The number of ketones is 1. The first-order chi connectivity index (χ1) is 12.5. The zero-order valence-corrected chi connectivity index (χ0v) is 14.9. The number of likely N-dealkylation sites (tertiary alicyclic amines) is 1. The normalized spacial score (nSPS) is 19.9. The molecule has 0 aliphatic carbocycles. The van der Waals surface area contributed by atoms with E-state index in [0.29, 0.717) is 24.1 Å². The Morgan fingerprint density at radius 1 is 1.04 bits per heavy atom. The fraction of sp³-hybridized carbons (Fsp3) is 0.286. The summed E-state index contributed by atoms with van der Waals surface area (Å²) in [5, 5.41) is 2.92. The monoisotopic (exact) mass is 350 g/mol. The van der Waals surface area contributed by atoms with Crippen LogP contribution in [0.4, 0.5) is 5.69 Å². The highest BCUT2D eigenvalue weighted by molar-refractivity contribution is 5.97. The summed E-state index contributed by atoms with van der Waals surface area (Å²) in [6.07, 6.45) is 0.876. The molecule has 2 aromatic rings. The second kappa shape index (κ2) is 7.52. The zero-order chi connectivity index (χ0) is 18.7. The van der Waals surface area contributed by atoms with Gasteiger partial charge in [0.1, 0.15) is 0 Å². The van der Waals surface area contributed by atoms with Crippen LogP contribution in [0.25, 0.3) is 0 Å². The first kappa shape index (κ1) is 17.9. The molecular weight excluding hydrogens is 328 g/mol. The molecule has 0 radical (unpaired) electrons. The number of carbonyl (C=O) groups excluding carboxylic acids is 3. The largest absolute Gasteiger partial charge is 0.338 e. The van der Waals surface area contributed by atoms with E-state index in [4.69, 9.17) is 0 Å². The molecule has 0 saturated carbocycles. The second-order valence-electron chi connectivity index (χ2n) is 6.63. The number of nitrogens with zero attached hydrogens (tertiary/aromatic N) is 1. The van der Waals surface area contributed by atoms with Gasteiger partial charge in [0.05, 0.1) is 12.0 Å². The number of benzene rings is 2. The molecule has 26 heavy (non-hydrogen) atoms. The quantitative estimate of drug-likeness (QED) is 0.859. The first-order valence-electron chi connectivity index (χ1n) is 8.70. The van der Waals surface area contributed by atoms with Crippen molar-refractivity contribution in [3.8, 4) is 0 Å². The zero-order valence-electron chi connectivity index (χ0n) is 14.9. The fourth-order valence-corrected chi connectivity index (χ4v) is 3.44. The number of piperidine rings is 1. The van der Waals surface area contributed by atoms with Gasteiger partial charge in [-0.15, -0.1) is 0 Å². The van der Waals surface area contributed by atoms with Crippen molar-refractivity contribution < 1.29 is 14.4 Å². The minimum atomic E-state index is -0.326. The van der Waals surface area contributed by atoms with Crippen molar-refractivity contribution in [1.29, 1.82) is 0 Å². The van der Waals surface area contributed by atoms with Crippen molar-refractivity contribution in [2.24, 2.45) is 5.92 Å². The molecule has 1 saturated heterocycles. The van der Waals surface area contributed by atoms with Gasteiger partial charge in [0.15, 0.2) is 5.78 Å². The smallest absolute Gasteiger partial charge is 0.229 e. The van der Waals surface area contributed by atoms with Crippen molar-refractivity contribution in [2.75, 3.05) is 12.4 Å². The van der Waals surface area contributed by atoms with Gasteiger partial charge < -0.3 is 10.2 Å². The lowest BCUT2D eigenvalue weighted by atomic mass is 9.84. The maximum absolute atomic E-state index is 12.9.